The molecule has 38 heavy (non-hydrogen) atoms. The number of rotatable bonds is 10. The minimum absolute atomic E-state index is 0.0876. The smallest absolute Gasteiger partial charge is 0.305 e. The SMILES string of the molecule is CCCC(C1=CC=C(C(=O)NCCC(=O)O)CC1)N1C(=O)C(c2cccc(F)c2)=NC12CCC(CC)CC2. The zero-order valence-corrected chi connectivity index (χ0v) is 22.3. The van der Waals surface area contributed by atoms with Gasteiger partial charge in [0.25, 0.3) is 5.91 Å². The normalized spacial score (nSPS) is 24.1. The lowest BCUT2D eigenvalue weighted by atomic mass is 9.78. The van der Waals surface area contributed by atoms with E-state index in [0.29, 0.717) is 35.6 Å². The summed E-state index contributed by atoms with van der Waals surface area (Å²) in [5, 5.41) is 11.5. The molecule has 8 heteroatoms. The highest BCUT2D eigenvalue weighted by atomic mass is 19.1. The third kappa shape index (κ3) is 5.89. The Labute approximate surface area is 223 Å². The second kappa shape index (κ2) is 12.0. The van der Waals surface area contributed by atoms with Crippen molar-refractivity contribution in [3.63, 3.8) is 0 Å². The largest absolute Gasteiger partial charge is 0.481 e. The van der Waals surface area contributed by atoms with Crippen LogP contribution in [0.15, 0.2) is 52.6 Å². The zero-order chi connectivity index (χ0) is 27.3. The number of allylic oxidation sites excluding steroid dienone is 2. The highest BCUT2D eigenvalue weighted by Gasteiger charge is 2.51. The second-order valence-electron chi connectivity index (χ2n) is 10.6. The van der Waals surface area contributed by atoms with Crippen LogP contribution in [-0.2, 0) is 14.4 Å². The first kappa shape index (κ1) is 27.7. The number of carbonyl (C=O) groups is 3. The number of aliphatic imine (C=N–C) groups is 1. The van der Waals surface area contributed by atoms with Crippen LogP contribution in [0.1, 0.15) is 83.6 Å². The van der Waals surface area contributed by atoms with Gasteiger partial charge in [0.1, 0.15) is 17.2 Å². The first-order chi connectivity index (χ1) is 18.3. The van der Waals surface area contributed by atoms with Gasteiger partial charge in [-0.05, 0) is 68.6 Å². The minimum Gasteiger partial charge on any atom is -0.481 e. The maximum Gasteiger partial charge on any atom is 0.305 e. The topological polar surface area (TPSA) is 99.1 Å². The van der Waals surface area contributed by atoms with Crippen LogP contribution < -0.4 is 5.32 Å². The van der Waals surface area contributed by atoms with Crippen LogP contribution in [0.2, 0.25) is 0 Å². The first-order valence-corrected chi connectivity index (χ1v) is 13.9. The van der Waals surface area contributed by atoms with Gasteiger partial charge in [-0.25, -0.2) is 4.39 Å². The second-order valence-corrected chi connectivity index (χ2v) is 10.6. The summed E-state index contributed by atoms with van der Waals surface area (Å²) in [5.74, 6) is -1.12. The van der Waals surface area contributed by atoms with E-state index in [-0.39, 0.29) is 36.6 Å². The average Bonchev–Trinajstić information content (AvgIpc) is 3.18. The van der Waals surface area contributed by atoms with Crippen molar-refractivity contribution in [2.75, 3.05) is 6.54 Å². The molecule has 204 valence electrons. The van der Waals surface area contributed by atoms with E-state index >= 15 is 0 Å². The number of hydrogen-bond acceptors (Lipinski definition) is 4. The van der Waals surface area contributed by atoms with Crippen molar-refractivity contribution in [3.05, 3.63) is 58.9 Å². The predicted octanol–water partition coefficient (Wildman–Crippen LogP) is 5.16. The lowest BCUT2D eigenvalue weighted by molar-refractivity contribution is -0.137. The van der Waals surface area contributed by atoms with Crippen molar-refractivity contribution < 1.29 is 23.9 Å². The summed E-state index contributed by atoms with van der Waals surface area (Å²) in [6.45, 7) is 4.39. The predicted molar refractivity (Wildman–Crippen MR) is 144 cm³/mol. The molecule has 2 N–H and O–H groups in total. The van der Waals surface area contributed by atoms with Crippen LogP contribution in [0.25, 0.3) is 0 Å². The summed E-state index contributed by atoms with van der Waals surface area (Å²) in [7, 11) is 0. The van der Waals surface area contributed by atoms with Crippen molar-refractivity contribution in [2.24, 2.45) is 10.9 Å². The zero-order valence-electron chi connectivity index (χ0n) is 22.3. The maximum absolute atomic E-state index is 14.1. The molecule has 0 radical (unpaired) electrons. The van der Waals surface area contributed by atoms with Crippen LogP contribution in [-0.4, -0.2) is 51.8 Å². The van der Waals surface area contributed by atoms with Gasteiger partial charge >= 0.3 is 5.97 Å². The molecule has 1 saturated carbocycles. The van der Waals surface area contributed by atoms with Crippen molar-refractivity contribution in [1.29, 1.82) is 0 Å². The number of amides is 2. The van der Waals surface area contributed by atoms with Crippen LogP contribution in [0, 0.1) is 11.7 Å². The van der Waals surface area contributed by atoms with Gasteiger partial charge < -0.3 is 15.3 Å². The molecule has 7 nitrogen and oxygen atoms in total. The highest BCUT2D eigenvalue weighted by Crippen LogP contribution is 2.45. The number of carboxylic acids is 1. The number of nitrogens with zero attached hydrogens (tertiary/aromatic N) is 2. The van der Waals surface area contributed by atoms with Gasteiger partial charge in [-0.2, -0.15) is 0 Å². The van der Waals surface area contributed by atoms with Gasteiger partial charge in [-0.15, -0.1) is 0 Å². The minimum atomic E-state index is -0.954. The lowest BCUT2D eigenvalue weighted by Gasteiger charge is -2.46. The standard InChI is InChI=1S/C30H38FN3O4/c1-3-6-25(21-9-11-22(12-10-21)28(37)32-18-15-26(35)36)34-29(38)27(23-7-5-8-24(31)19-23)33-30(34)16-13-20(4-2)14-17-30/h5,7-9,11,19-20,25H,3-4,6,10,12-18H2,1-2H3,(H,32,37)(H,35,36). The average molecular weight is 524 g/mol. The van der Waals surface area contributed by atoms with Crippen molar-refractivity contribution in [2.45, 2.75) is 89.8 Å². The molecular weight excluding hydrogens is 485 g/mol. The molecule has 1 unspecified atom stereocenters. The fourth-order valence-electron chi connectivity index (χ4n) is 6.04. The van der Waals surface area contributed by atoms with Gasteiger partial charge in [0.15, 0.2) is 0 Å². The molecule has 3 aliphatic rings. The number of aliphatic carboxylic acids is 1. The summed E-state index contributed by atoms with van der Waals surface area (Å²) in [4.78, 5) is 44.4. The lowest BCUT2D eigenvalue weighted by Crippen LogP contribution is -2.54. The Hall–Kier alpha value is -3.29. The molecule has 1 aliphatic heterocycles. The van der Waals surface area contributed by atoms with E-state index in [1.54, 1.807) is 18.2 Å². The van der Waals surface area contributed by atoms with Crippen LogP contribution in [0.4, 0.5) is 4.39 Å². The van der Waals surface area contributed by atoms with E-state index in [9.17, 15) is 18.8 Å². The monoisotopic (exact) mass is 523 g/mol. The van der Waals surface area contributed by atoms with Gasteiger partial charge in [0.2, 0.25) is 5.91 Å². The Morgan fingerprint density at radius 3 is 2.58 bits per heavy atom. The van der Waals surface area contributed by atoms with Gasteiger partial charge in [0, 0.05) is 17.7 Å². The first-order valence-electron chi connectivity index (χ1n) is 13.9. The summed E-state index contributed by atoms with van der Waals surface area (Å²) in [6, 6.07) is 5.97. The summed E-state index contributed by atoms with van der Waals surface area (Å²) in [5.41, 5.74) is 1.92. The molecule has 1 atom stereocenters. The number of halogens is 1. The molecule has 1 aromatic carbocycles. The molecule has 4 rings (SSSR count). The molecule has 1 heterocycles. The van der Waals surface area contributed by atoms with E-state index in [4.69, 9.17) is 10.1 Å². The Morgan fingerprint density at radius 2 is 1.97 bits per heavy atom. The van der Waals surface area contributed by atoms with E-state index in [2.05, 4.69) is 19.2 Å². The van der Waals surface area contributed by atoms with Crippen molar-refractivity contribution >= 4 is 23.5 Å². The number of carboxylic acid groups (broad SMARTS) is 1. The van der Waals surface area contributed by atoms with Crippen molar-refractivity contribution in [1.82, 2.24) is 10.2 Å². The van der Waals surface area contributed by atoms with E-state index in [1.165, 1.54) is 12.1 Å². The highest BCUT2D eigenvalue weighted by molar-refractivity contribution is 6.46. The quantitative estimate of drug-likeness (QED) is 0.443. The maximum atomic E-state index is 14.1. The molecular formula is C30H38FN3O4. The Bertz CT molecular complexity index is 1160. The third-order valence-corrected chi connectivity index (χ3v) is 8.17. The fraction of sp³-hybridized carbons (Fsp3) is 0.533. The number of nitrogens with one attached hydrogen (secondary N) is 1. The third-order valence-electron chi connectivity index (χ3n) is 8.17. The van der Waals surface area contributed by atoms with E-state index in [1.807, 2.05) is 11.0 Å². The molecule has 1 aromatic rings. The molecule has 2 aliphatic carbocycles. The fourth-order valence-corrected chi connectivity index (χ4v) is 6.04. The Morgan fingerprint density at radius 1 is 1.21 bits per heavy atom. The summed E-state index contributed by atoms with van der Waals surface area (Å²) in [6.07, 6.45) is 11.1. The Balaban J connectivity index is 1.64. The molecule has 0 bridgehead atoms. The molecule has 2 amide bonds. The van der Waals surface area contributed by atoms with E-state index in [0.717, 1.165) is 50.5 Å². The van der Waals surface area contributed by atoms with Gasteiger partial charge in [0.05, 0.1) is 12.5 Å². The van der Waals surface area contributed by atoms with Crippen LogP contribution in [0.5, 0.6) is 0 Å². The van der Waals surface area contributed by atoms with Crippen molar-refractivity contribution in [3.8, 4) is 0 Å². The van der Waals surface area contributed by atoms with E-state index < -0.39 is 11.6 Å². The van der Waals surface area contributed by atoms with Gasteiger partial charge in [-0.1, -0.05) is 51.0 Å². The Kier molecular flexibility index (Phi) is 8.80. The number of carbonyl (C=O) groups excluding carboxylic acids is 2. The van der Waals surface area contributed by atoms with Gasteiger partial charge in [-0.3, -0.25) is 19.4 Å². The summed E-state index contributed by atoms with van der Waals surface area (Å²) < 4.78 is 14.1. The number of hydrogen-bond donors (Lipinski definition) is 2. The van der Waals surface area contributed by atoms with Crippen LogP contribution in [0.3, 0.4) is 0 Å². The molecule has 1 fully saturated rings. The summed E-state index contributed by atoms with van der Waals surface area (Å²) >= 11 is 0. The molecule has 1 spiro atoms. The molecule has 0 saturated heterocycles. The van der Waals surface area contributed by atoms with Crippen LogP contribution >= 0.6 is 0 Å². The molecule has 0 aromatic heterocycles. The number of benzene rings is 1.